The summed E-state index contributed by atoms with van der Waals surface area (Å²) in [6, 6.07) is 5.36. The summed E-state index contributed by atoms with van der Waals surface area (Å²) >= 11 is 3.31. The fourth-order valence-corrected chi connectivity index (χ4v) is 2.52. The molecule has 0 radical (unpaired) electrons. The molecular weight excluding hydrogens is 317 g/mol. The van der Waals surface area contributed by atoms with E-state index in [2.05, 4.69) is 55.9 Å². The topological polar surface area (TPSA) is 12.0 Å². The Labute approximate surface area is 131 Å². The fraction of sp³-hybridized carbons (Fsp3) is 0.647. The molecule has 0 heterocycles. The number of rotatable bonds is 6. The largest absolute Gasteiger partial charge is 0.316 e. The van der Waals surface area contributed by atoms with Gasteiger partial charge in [-0.25, -0.2) is 4.39 Å². The first-order valence-corrected chi connectivity index (χ1v) is 8.14. The molecule has 1 nitrogen and oxygen atoms in total. The minimum atomic E-state index is -0.113. The van der Waals surface area contributed by atoms with Gasteiger partial charge >= 0.3 is 0 Å². The van der Waals surface area contributed by atoms with E-state index in [-0.39, 0.29) is 11.2 Å². The molecule has 1 rings (SSSR count). The highest BCUT2D eigenvalue weighted by Crippen LogP contribution is 2.30. The van der Waals surface area contributed by atoms with Crippen LogP contribution in [0.5, 0.6) is 0 Å². The number of hydrogen-bond acceptors (Lipinski definition) is 1. The second-order valence-corrected chi connectivity index (χ2v) is 7.97. The Hall–Kier alpha value is -0.410. The van der Waals surface area contributed by atoms with E-state index in [9.17, 15) is 4.39 Å². The summed E-state index contributed by atoms with van der Waals surface area (Å²) in [7, 11) is 0. The third kappa shape index (κ3) is 5.92. The molecule has 1 N–H and O–H groups in total. The van der Waals surface area contributed by atoms with Gasteiger partial charge in [-0.15, -0.1) is 0 Å². The van der Waals surface area contributed by atoms with Crippen molar-refractivity contribution >= 4 is 15.9 Å². The zero-order valence-electron chi connectivity index (χ0n) is 13.3. The van der Waals surface area contributed by atoms with Gasteiger partial charge in [0.25, 0.3) is 0 Å². The van der Waals surface area contributed by atoms with E-state index in [4.69, 9.17) is 0 Å². The monoisotopic (exact) mass is 343 g/mol. The van der Waals surface area contributed by atoms with Crippen LogP contribution < -0.4 is 5.32 Å². The highest BCUT2D eigenvalue weighted by atomic mass is 79.9. The van der Waals surface area contributed by atoms with Crippen LogP contribution in [0.2, 0.25) is 0 Å². The standard InChI is InChI=1S/C17H27BrFN/c1-12(2)10-20-11-14(17(3,4)5)8-13-6-7-15(18)9-16(13)19/h6-7,9,12,14,20H,8,10-11H2,1-5H3. The molecule has 1 unspecified atom stereocenters. The molecule has 0 saturated heterocycles. The first-order chi connectivity index (χ1) is 9.20. The highest BCUT2D eigenvalue weighted by molar-refractivity contribution is 9.10. The van der Waals surface area contributed by atoms with Crippen LogP contribution in [-0.4, -0.2) is 13.1 Å². The van der Waals surface area contributed by atoms with Gasteiger partial charge in [-0.05, 0) is 54.5 Å². The molecule has 0 bridgehead atoms. The zero-order chi connectivity index (χ0) is 15.3. The second kappa shape index (κ2) is 7.56. The molecule has 114 valence electrons. The van der Waals surface area contributed by atoms with E-state index >= 15 is 0 Å². The van der Waals surface area contributed by atoms with Gasteiger partial charge in [-0.2, -0.15) is 0 Å². The van der Waals surface area contributed by atoms with E-state index in [1.165, 1.54) is 0 Å². The van der Waals surface area contributed by atoms with Crippen LogP contribution in [-0.2, 0) is 6.42 Å². The van der Waals surface area contributed by atoms with Gasteiger partial charge in [0, 0.05) is 4.47 Å². The molecule has 0 aromatic heterocycles. The van der Waals surface area contributed by atoms with E-state index in [1.54, 1.807) is 6.07 Å². The molecule has 0 spiro atoms. The lowest BCUT2D eigenvalue weighted by Gasteiger charge is -2.31. The van der Waals surface area contributed by atoms with Gasteiger partial charge in [-0.1, -0.05) is 56.6 Å². The highest BCUT2D eigenvalue weighted by Gasteiger charge is 2.25. The van der Waals surface area contributed by atoms with Gasteiger partial charge in [-0.3, -0.25) is 0 Å². The summed E-state index contributed by atoms with van der Waals surface area (Å²) in [6.07, 6.45) is 0.772. The van der Waals surface area contributed by atoms with Gasteiger partial charge in [0.15, 0.2) is 0 Å². The second-order valence-electron chi connectivity index (χ2n) is 7.05. The Morgan fingerprint density at radius 2 is 1.85 bits per heavy atom. The normalized spacial score (nSPS) is 13.8. The smallest absolute Gasteiger partial charge is 0.127 e. The SMILES string of the molecule is CC(C)CNCC(Cc1ccc(Br)cc1F)C(C)(C)C. The Balaban J connectivity index is 2.74. The number of benzene rings is 1. The maximum atomic E-state index is 14.0. The summed E-state index contributed by atoms with van der Waals surface area (Å²) in [5.74, 6) is 0.939. The van der Waals surface area contributed by atoms with Crippen molar-refractivity contribution in [2.45, 2.75) is 41.0 Å². The van der Waals surface area contributed by atoms with E-state index < -0.39 is 0 Å². The van der Waals surface area contributed by atoms with Crippen LogP contribution >= 0.6 is 15.9 Å². The van der Waals surface area contributed by atoms with E-state index in [0.29, 0.717) is 11.8 Å². The predicted molar refractivity (Wildman–Crippen MR) is 88.5 cm³/mol. The van der Waals surface area contributed by atoms with Crippen molar-refractivity contribution in [1.82, 2.24) is 5.32 Å². The van der Waals surface area contributed by atoms with Crippen LogP contribution in [0.3, 0.4) is 0 Å². The molecular formula is C17H27BrFN. The van der Waals surface area contributed by atoms with Gasteiger partial charge in [0.05, 0.1) is 0 Å². The minimum absolute atomic E-state index is 0.113. The van der Waals surface area contributed by atoms with Crippen LogP contribution in [0.15, 0.2) is 22.7 Å². The first kappa shape index (κ1) is 17.6. The molecule has 0 fully saturated rings. The summed E-state index contributed by atoms with van der Waals surface area (Å²) in [5, 5.41) is 3.51. The molecule has 0 aliphatic carbocycles. The molecule has 3 heteroatoms. The lowest BCUT2D eigenvalue weighted by molar-refractivity contribution is 0.227. The lowest BCUT2D eigenvalue weighted by atomic mass is 9.77. The molecule has 1 aromatic carbocycles. The fourth-order valence-electron chi connectivity index (χ4n) is 2.18. The Bertz CT molecular complexity index is 423. The van der Waals surface area contributed by atoms with Crippen molar-refractivity contribution in [3.63, 3.8) is 0 Å². The molecule has 20 heavy (non-hydrogen) atoms. The number of halogens is 2. The molecule has 0 saturated carbocycles. The maximum absolute atomic E-state index is 14.0. The van der Waals surface area contributed by atoms with Crippen molar-refractivity contribution in [3.05, 3.63) is 34.1 Å². The van der Waals surface area contributed by atoms with Gasteiger partial charge < -0.3 is 5.32 Å². The van der Waals surface area contributed by atoms with Crippen LogP contribution in [0.4, 0.5) is 4.39 Å². The summed E-state index contributed by atoms with van der Waals surface area (Å²) < 4.78 is 14.8. The Kier molecular flexibility index (Phi) is 6.67. The average Bonchev–Trinajstić information content (AvgIpc) is 2.28. The van der Waals surface area contributed by atoms with Crippen molar-refractivity contribution in [1.29, 1.82) is 0 Å². The zero-order valence-corrected chi connectivity index (χ0v) is 14.8. The quantitative estimate of drug-likeness (QED) is 0.762. The lowest BCUT2D eigenvalue weighted by Crippen LogP contribution is -2.35. The van der Waals surface area contributed by atoms with Crippen LogP contribution in [0, 0.1) is 23.1 Å². The van der Waals surface area contributed by atoms with Crippen LogP contribution in [0.1, 0.15) is 40.2 Å². The number of hydrogen-bond donors (Lipinski definition) is 1. The molecule has 0 aliphatic rings. The minimum Gasteiger partial charge on any atom is -0.316 e. The van der Waals surface area contributed by atoms with Crippen molar-refractivity contribution < 1.29 is 4.39 Å². The summed E-state index contributed by atoms with van der Waals surface area (Å²) in [6.45, 7) is 13.0. The van der Waals surface area contributed by atoms with Gasteiger partial charge in [0.2, 0.25) is 0 Å². The third-order valence-corrected chi connectivity index (χ3v) is 4.14. The Morgan fingerprint density at radius 3 is 2.35 bits per heavy atom. The maximum Gasteiger partial charge on any atom is 0.127 e. The van der Waals surface area contributed by atoms with E-state index in [0.717, 1.165) is 29.5 Å². The predicted octanol–water partition coefficient (Wildman–Crippen LogP) is 5.04. The molecule has 1 aromatic rings. The molecule has 1 atom stereocenters. The van der Waals surface area contributed by atoms with Gasteiger partial charge in [0.1, 0.15) is 5.82 Å². The number of nitrogens with one attached hydrogen (secondary N) is 1. The first-order valence-electron chi connectivity index (χ1n) is 7.34. The Morgan fingerprint density at radius 1 is 1.20 bits per heavy atom. The third-order valence-electron chi connectivity index (χ3n) is 3.65. The van der Waals surface area contributed by atoms with Crippen LogP contribution in [0.25, 0.3) is 0 Å². The average molecular weight is 344 g/mol. The van der Waals surface area contributed by atoms with Crippen molar-refractivity contribution in [2.75, 3.05) is 13.1 Å². The summed E-state index contributed by atoms with van der Waals surface area (Å²) in [5.41, 5.74) is 0.961. The van der Waals surface area contributed by atoms with E-state index in [1.807, 2.05) is 12.1 Å². The summed E-state index contributed by atoms with van der Waals surface area (Å²) in [4.78, 5) is 0. The van der Waals surface area contributed by atoms with Crippen molar-refractivity contribution in [3.8, 4) is 0 Å². The van der Waals surface area contributed by atoms with Crippen molar-refractivity contribution in [2.24, 2.45) is 17.3 Å². The molecule has 0 aliphatic heterocycles. The molecule has 0 amide bonds.